The van der Waals surface area contributed by atoms with E-state index >= 15 is 0 Å². The molecule has 3 aliphatic rings. The van der Waals surface area contributed by atoms with Gasteiger partial charge in [-0.15, -0.1) is 0 Å². The molecule has 3 aromatic heterocycles. The molecule has 3 aromatic rings. The summed E-state index contributed by atoms with van der Waals surface area (Å²) in [6.07, 6.45) is 7.15. The minimum atomic E-state index is -0.468. The van der Waals surface area contributed by atoms with Gasteiger partial charge in [0.25, 0.3) is 0 Å². The molecule has 9 heteroatoms. The predicted molar refractivity (Wildman–Crippen MR) is 114 cm³/mol. The normalized spacial score (nSPS) is 28.9. The van der Waals surface area contributed by atoms with Crippen LogP contribution in [0.5, 0.6) is 0 Å². The summed E-state index contributed by atoms with van der Waals surface area (Å²) in [4.78, 5) is 23.3. The van der Waals surface area contributed by atoms with Crippen molar-refractivity contribution in [1.82, 2.24) is 29.5 Å². The number of methoxy groups -OCH3 is 1. The summed E-state index contributed by atoms with van der Waals surface area (Å²) in [7, 11) is 1.83. The zero-order valence-corrected chi connectivity index (χ0v) is 18.1. The molecule has 1 aliphatic heterocycles. The second-order valence-electron chi connectivity index (χ2n) is 9.42. The van der Waals surface area contributed by atoms with Crippen molar-refractivity contribution in [2.75, 3.05) is 19.5 Å². The predicted octanol–water partition coefficient (Wildman–Crippen LogP) is 2.66. The zero-order valence-electron chi connectivity index (χ0n) is 18.1. The number of ether oxygens (including phenoxy) is 2. The van der Waals surface area contributed by atoms with Crippen LogP contribution in [0, 0.1) is 11.8 Å². The molecule has 6 rings (SSSR count). The van der Waals surface area contributed by atoms with E-state index in [0.29, 0.717) is 36.3 Å². The lowest BCUT2D eigenvalue weighted by molar-refractivity contribution is -0.0530. The van der Waals surface area contributed by atoms with Gasteiger partial charge in [-0.25, -0.2) is 24.9 Å². The number of hydrogen-bond acceptors (Lipinski definition) is 8. The van der Waals surface area contributed by atoms with Gasteiger partial charge in [-0.05, 0) is 44.9 Å². The lowest BCUT2D eigenvalue weighted by Gasteiger charge is -2.30. The van der Waals surface area contributed by atoms with Gasteiger partial charge < -0.3 is 19.8 Å². The molecule has 162 valence electrons. The number of rotatable bonds is 3. The summed E-state index contributed by atoms with van der Waals surface area (Å²) >= 11 is 0. The van der Waals surface area contributed by atoms with Gasteiger partial charge in [0.05, 0.1) is 24.0 Å². The summed E-state index contributed by atoms with van der Waals surface area (Å²) in [6, 6.07) is 0. The smallest absolute Gasteiger partial charge is 0.219 e. The third-order valence-electron chi connectivity index (χ3n) is 7.32. The fourth-order valence-electron chi connectivity index (χ4n) is 5.94. The van der Waals surface area contributed by atoms with Crippen molar-refractivity contribution in [2.45, 2.75) is 57.3 Å². The lowest BCUT2D eigenvalue weighted by Crippen LogP contribution is -2.33. The molecular weight excluding hydrogens is 394 g/mol. The summed E-state index contributed by atoms with van der Waals surface area (Å²) in [5.74, 6) is 3.12. The van der Waals surface area contributed by atoms with Crippen LogP contribution < -0.4 is 5.73 Å². The van der Waals surface area contributed by atoms with Gasteiger partial charge in [-0.2, -0.15) is 0 Å². The van der Waals surface area contributed by atoms with Gasteiger partial charge in [0.15, 0.2) is 11.5 Å². The average Bonchev–Trinajstić information content (AvgIpc) is 3.44. The van der Waals surface area contributed by atoms with E-state index in [1.54, 1.807) is 12.4 Å². The Morgan fingerprint density at radius 2 is 1.97 bits per heavy atom. The van der Waals surface area contributed by atoms with E-state index in [0.717, 1.165) is 41.2 Å². The number of hydrogen-bond donors (Lipinski definition) is 1. The maximum absolute atomic E-state index is 6.01. The Labute approximate surface area is 180 Å². The van der Waals surface area contributed by atoms with Crippen LogP contribution in [0.3, 0.4) is 0 Å². The maximum Gasteiger partial charge on any atom is 0.219 e. The largest absolute Gasteiger partial charge is 0.381 e. The quantitative estimate of drug-likeness (QED) is 0.687. The van der Waals surface area contributed by atoms with E-state index < -0.39 is 5.60 Å². The van der Waals surface area contributed by atoms with Gasteiger partial charge in [0, 0.05) is 32.0 Å². The third kappa shape index (κ3) is 2.79. The number of nitrogen functional groups attached to an aromatic ring is 1. The first-order valence-electron chi connectivity index (χ1n) is 11.0. The molecule has 2 aliphatic carbocycles. The van der Waals surface area contributed by atoms with Crippen LogP contribution in [0.1, 0.15) is 50.5 Å². The van der Waals surface area contributed by atoms with Crippen LogP contribution in [0.2, 0.25) is 0 Å². The van der Waals surface area contributed by atoms with Gasteiger partial charge >= 0.3 is 0 Å². The lowest BCUT2D eigenvalue weighted by atomic mass is 9.85. The molecule has 2 N–H and O–H groups in total. The third-order valence-corrected chi connectivity index (χ3v) is 7.32. The molecule has 4 atom stereocenters. The second kappa shape index (κ2) is 6.67. The Morgan fingerprint density at radius 1 is 1.16 bits per heavy atom. The molecule has 0 amide bonds. The highest BCUT2D eigenvalue weighted by Gasteiger charge is 2.50. The van der Waals surface area contributed by atoms with Crippen molar-refractivity contribution >= 4 is 17.1 Å². The van der Waals surface area contributed by atoms with E-state index in [2.05, 4.69) is 28.4 Å². The minimum Gasteiger partial charge on any atom is -0.381 e. The van der Waals surface area contributed by atoms with E-state index in [9.17, 15) is 0 Å². The SMILES string of the molecule is COC1C2CCC1C(c1nc(-c3cnc(N)nc3)nc3c1nc1n3CCOC1(C)C)C2. The molecule has 4 unspecified atom stereocenters. The number of fused-ring (bicyclic) bond motifs is 5. The van der Waals surface area contributed by atoms with Crippen LogP contribution >= 0.6 is 0 Å². The number of aromatic nitrogens is 6. The van der Waals surface area contributed by atoms with Crippen molar-refractivity contribution in [2.24, 2.45) is 11.8 Å². The van der Waals surface area contributed by atoms with Gasteiger partial charge in [0.2, 0.25) is 5.95 Å². The molecule has 31 heavy (non-hydrogen) atoms. The molecule has 9 nitrogen and oxygen atoms in total. The Balaban J connectivity index is 1.57. The molecule has 0 radical (unpaired) electrons. The zero-order chi connectivity index (χ0) is 21.3. The first-order chi connectivity index (χ1) is 15.0. The van der Waals surface area contributed by atoms with Crippen molar-refractivity contribution in [3.8, 4) is 11.4 Å². The summed E-state index contributed by atoms with van der Waals surface area (Å²) in [5, 5.41) is 0. The number of nitrogens with two attached hydrogens (primary N) is 1. The van der Waals surface area contributed by atoms with Crippen LogP contribution in [0.15, 0.2) is 12.4 Å². The standard InChI is InChI=1S/C22H27N7O2/c1-22(2)20-27-16-15(14-8-11-4-5-13(14)17(11)30-3)26-18(12-9-24-21(23)25-10-12)28-19(16)29(20)6-7-31-22/h9-11,13-14,17H,4-8H2,1-3H3,(H2,23,24,25). The number of imidazole rings is 1. The van der Waals surface area contributed by atoms with Gasteiger partial charge in [0.1, 0.15) is 16.9 Å². The van der Waals surface area contributed by atoms with Crippen molar-refractivity contribution in [3.05, 3.63) is 23.9 Å². The molecular formula is C22H27N7O2. The first-order valence-corrected chi connectivity index (χ1v) is 11.0. The van der Waals surface area contributed by atoms with Crippen LogP contribution in [0.25, 0.3) is 22.6 Å². The van der Waals surface area contributed by atoms with E-state index in [-0.39, 0.29) is 5.95 Å². The number of nitrogens with zero attached hydrogens (tertiary/aromatic N) is 6. The van der Waals surface area contributed by atoms with Gasteiger partial charge in [-0.3, -0.25) is 0 Å². The Kier molecular flexibility index (Phi) is 4.10. The number of anilines is 1. The van der Waals surface area contributed by atoms with Crippen LogP contribution in [0.4, 0.5) is 5.95 Å². The molecule has 4 heterocycles. The Bertz CT molecular complexity index is 1160. The highest BCUT2D eigenvalue weighted by molar-refractivity contribution is 5.78. The van der Waals surface area contributed by atoms with Crippen molar-refractivity contribution in [3.63, 3.8) is 0 Å². The fraction of sp³-hybridized carbons (Fsp3) is 0.591. The summed E-state index contributed by atoms with van der Waals surface area (Å²) in [6.45, 7) is 5.47. The molecule has 2 saturated carbocycles. The minimum absolute atomic E-state index is 0.238. The van der Waals surface area contributed by atoms with Crippen LogP contribution in [-0.2, 0) is 21.6 Å². The highest BCUT2D eigenvalue weighted by Crippen LogP contribution is 2.54. The highest BCUT2D eigenvalue weighted by atomic mass is 16.5. The summed E-state index contributed by atoms with van der Waals surface area (Å²) < 4.78 is 14.1. The Morgan fingerprint density at radius 3 is 2.71 bits per heavy atom. The molecule has 0 aromatic carbocycles. The Hall–Kier alpha value is -2.65. The van der Waals surface area contributed by atoms with Gasteiger partial charge in [-0.1, -0.05) is 0 Å². The van der Waals surface area contributed by atoms with E-state index in [1.165, 1.54) is 12.8 Å². The second-order valence-corrected chi connectivity index (χ2v) is 9.42. The molecule has 0 saturated heterocycles. The summed E-state index contributed by atoms with van der Waals surface area (Å²) in [5.41, 5.74) is 8.75. The first kappa shape index (κ1) is 19.1. The van der Waals surface area contributed by atoms with E-state index in [4.69, 9.17) is 30.2 Å². The monoisotopic (exact) mass is 421 g/mol. The van der Waals surface area contributed by atoms with Crippen molar-refractivity contribution in [1.29, 1.82) is 0 Å². The topological polar surface area (TPSA) is 114 Å². The fourth-order valence-corrected chi connectivity index (χ4v) is 5.94. The molecule has 0 spiro atoms. The molecule has 2 fully saturated rings. The van der Waals surface area contributed by atoms with E-state index in [1.807, 2.05) is 7.11 Å². The maximum atomic E-state index is 6.01. The molecule has 2 bridgehead atoms. The average molecular weight is 422 g/mol. The van der Waals surface area contributed by atoms with Crippen molar-refractivity contribution < 1.29 is 9.47 Å². The van der Waals surface area contributed by atoms with Crippen LogP contribution in [-0.4, -0.2) is 49.3 Å².